The van der Waals surface area contributed by atoms with Crippen LogP contribution >= 0.6 is 0 Å². The molecule has 0 fully saturated rings. The highest BCUT2D eigenvalue weighted by molar-refractivity contribution is 7.89. The topological polar surface area (TPSA) is 107 Å². The molecule has 0 spiro atoms. The van der Waals surface area contributed by atoms with Crippen LogP contribution in [-0.4, -0.2) is 27.2 Å². The molecular formula is C17H20N2O6S. The van der Waals surface area contributed by atoms with Crippen molar-refractivity contribution in [2.75, 3.05) is 6.79 Å². The van der Waals surface area contributed by atoms with Crippen LogP contribution in [-0.2, 0) is 21.4 Å². The average molecular weight is 380 g/mol. The molecule has 140 valence electrons. The lowest BCUT2D eigenvalue weighted by Crippen LogP contribution is -2.49. The fourth-order valence-electron chi connectivity index (χ4n) is 2.47. The maximum atomic E-state index is 12.7. The van der Waals surface area contributed by atoms with Crippen LogP contribution in [0.5, 0.6) is 11.5 Å². The number of amides is 1. The molecular weight excluding hydrogens is 360 g/mol. The molecule has 0 radical (unpaired) electrons. The number of fused-ring (bicyclic) bond motifs is 1. The number of hydrogen-bond acceptors (Lipinski definition) is 6. The number of benzene rings is 1. The summed E-state index contributed by atoms with van der Waals surface area (Å²) in [7, 11) is -3.91. The minimum atomic E-state index is -3.91. The first kappa shape index (κ1) is 18.3. The lowest BCUT2D eigenvalue weighted by Gasteiger charge is -2.21. The molecule has 1 atom stereocenters. The summed E-state index contributed by atoms with van der Waals surface area (Å²) in [6.07, 6.45) is 1.50. The van der Waals surface area contributed by atoms with Crippen molar-refractivity contribution < 1.29 is 27.1 Å². The fraction of sp³-hybridized carbons (Fsp3) is 0.353. The van der Waals surface area contributed by atoms with Crippen molar-refractivity contribution in [1.82, 2.24) is 10.0 Å². The van der Waals surface area contributed by atoms with Crippen molar-refractivity contribution in [3.8, 4) is 11.5 Å². The number of hydrogen-bond donors (Lipinski definition) is 2. The Labute approximate surface area is 151 Å². The molecule has 0 aliphatic carbocycles. The summed E-state index contributed by atoms with van der Waals surface area (Å²) >= 11 is 0. The van der Waals surface area contributed by atoms with Crippen LogP contribution in [0.2, 0.25) is 0 Å². The van der Waals surface area contributed by atoms with E-state index in [4.69, 9.17) is 13.9 Å². The lowest BCUT2D eigenvalue weighted by atomic mass is 10.1. The summed E-state index contributed by atoms with van der Waals surface area (Å²) in [5.41, 5.74) is 0. The molecule has 9 heteroatoms. The number of furan rings is 1. The van der Waals surface area contributed by atoms with E-state index in [0.717, 1.165) is 0 Å². The van der Waals surface area contributed by atoms with E-state index in [1.807, 2.05) is 0 Å². The highest BCUT2D eigenvalue weighted by Gasteiger charge is 2.29. The van der Waals surface area contributed by atoms with Crippen molar-refractivity contribution >= 4 is 15.9 Å². The van der Waals surface area contributed by atoms with Gasteiger partial charge in [0.1, 0.15) is 11.8 Å². The predicted octanol–water partition coefficient (Wildman–Crippen LogP) is 1.63. The van der Waals surface area contributed by atoms with Crippen molar-refractivity contribution in [2.45, 2.75) is 31.3 Å². The molecule has 2 heterocycles. The number of rotatable bonds is 7. The molecule has 8 nitrogen and oxygen atoms in total. The third kappa shape index (κ3) is 4.00. The van der Waals surface area contributed by atoms with Crippen molar-refractivity contribution in [3.63, 3.8) is 0 Å². The van der Waals surface area contributed by atoms with Gasteiger partial charge in [-0.05, 0) is 30.2 Å². The van der Waals surface area contributed by atoms with E-state index in [1.165, 1.54) is 24.5 Å². The van der Waals surface area contributed by atoms with Gasteiger partial charge in [-0.15, -0.1) is 0 Å². The molecule has 1 aliphatic heterocycles. The summed E-state index contributed by atoms with van der Waals surface area (Å²) in [4.78, 5) is 12.5. The van der Waals surface area contributed by atoms with E-state index in [9.17, 15) is 13.2 Å². The molecule has 1 aromatic carbocycles. The van der Waals surface area contributed by atoms with E-state index in [0.29, 0.717) is 17.3 Å². The molecule has 2 aromatic rings. The number of carbonyl (C=O) groups excluding carboxylic acids is 1. The molecule has 0 saturated heterocycles. The maximum Gasteiger partial charge on any atom is 0.241 e. The molecule has 26 heavy (non-hydrogen) atoms. The highest BCUT2D eigenvalue weighted by Crippen LogP contribution is 2.33. The van der Waals surface area contributed by atoms with Gasteiger partial charge in [0.25, 0.3) is 0 Å². The zero-order valence-electron chi connectivity index (χ0n) is 14.4. The van der Waals surface area contributed by atoms with Gasteiger partial charge < -0.3 is 19.2 Å². The summed E-state index contributed by atoms with van der Waals surface area (Å²) < 4.78 is 43.4. The van der Waals surface area contributed by atoms with Crippen LogP contribution in [0.15, 0.2) is 45.9 Å². The molecule has 0 bridgehead atoms. The average Bonchev–Trinajstić information content (AvgIpc) is 3.27. The van der Waals surface area contributed by atoms with Gasteiger partial charge in [0.05, 0.1) is 17.7 Å². The zero-order valence-corrected chi connectivity index (χ0v) is 15.2. The summed E-state index contributed by atoms with van der Waals surface area (Å²) in [5.74, 6) is 0.743. The van der Waals surface area contributed by atoms with E-state index in [-0.39, 0.29) is 24.2 Å². The quantitative estimate of drug-likeness (QED) is 0.756. The first-order chi connectivity index (χ1) is 12.4. The number of ether oxygens (including phenoxy) is 2. The predicted molar refractivity (Wildman–Crippen MR) is 92.1 cm³/mol. The first-order valence-corrected chi connectivity index (χ1v) is 9.57. The third-order valence-electron chi connectivity index (χ3n) is 3.90. The van der Waals surface area contributed by atoms with Gasteiger partial charge >= 0.3 is 0 Å². The summed E-state index contributed by atoms with van der Waals surface area (Å²) in [6.45, 7) is 3.76. The van der Waals surface area contributed by atoms with Crippen LogP contribution in [0, 0.1) is 5.92 Å². The number of nitrogens with one attached hydrogen (secondary N) is 2. The van der Waals surface area contributed by atoms with E-state index >= 15 is 0 Å². The largest absolute Gasteiger partial charge is 0.467 e. The van der Waals surface area contributed by atoms with Crippen molar-refractivity contribution in [1.29, 1.82) is 0 Å². The highest BCUT2D eigenvalue weighted by atomic mass is 32.2. The van der Waals surface area contributed by atoms with E-state index in [2.05, 4.69) is 10.0 Å². The van der Waals surface area contributed by atoms with Crippen LogP contribution in [0.25, 0.3) is 0 Å². The molecule has 2 N–H and O–H groups in total. The minimum absolute atomic E-state index is 0.00577. The molecule has 1 amide bonds. The normalized spacial score (nSPS) is 14.4. The molecule has 3 rings (SSSR count). The second kappa shape index (κ2) is 7.38. The monoisotopic (exact) mass is 380 g/mol. The van der Waals surface area contributed by atoms with Gasteiger partial charge in [0.2, 0.25) is 22.7 Å². The minimum Gasteiger partial charge on any atom is -0.467 e. The summed E-state index contributed by atoms with van der Waals surface area (Å²) in [6, 6.07) is 6.82. The second-order valence-electron chi connectivity index (χ2n) is 6.16. The summed E-state index contributed by atoms with van der Waals surface area (Å²) in [5, 5.41) is 2.68. The van der Waals surface area contributed by atoms with Crippen LogP contribution in [0.4, 0.5) is 0 Å². The Morgan fingerprint density at radius 2 is 1.96 bits per heavy atom. The van der Waals surface area contributed by atoms with Crippen molar-refractivity contribution in [2.24, 2.45) is 5.92 Å². The SMILES string of the molecule is CC(C)[C@H](NS(=O)(=O)c1ccc2c(c1)OCO2)C(=O)NCc1ccco1. The van der Waals surface area contributed by atoms with Gasteiger partial charge in [0.15, 0.2) is 11.5 Å². The third-order valence-corrected chi connectivity index (χ3v) is 5.34. The molecule has 1 aromatic heterocycles. The molecule has 0 saturated carbocycles. The standard InChI is InChI=1S/C17H20N2O6S/c1-11(2)16(17(20)18-9-12-4-3-7-23-12)19-26(21,22)13-5-6-14-15(8-13)25-10-24-14/h3-8,11,16,19H,9-10H2,1-2H3,(H,18,20)/t16-/m0/s1. The van der Waals surface area contributed by atoms with Crippen molar-refractivity contribution in [3.05, 3.63) is 42.4 Å². The second-order valence-corrected chi connectivity index (χ2v) is 7.87. The Morgan fingerprint density at radius 1 is 1.19 bits per heavy atom. The fourth-order valence-corrected chi connectivity index (χ4v) is 3.83. The van der Waals surface area contributed by atoms with Crippen LogP contribution < -0.4 is 19.5 Å². The molecule has 0 unspecified atom stereocenters. The molecule has 1 aliphatic rings. The smallest absolute Gasteiger partial charge is 0.241 e. The first-order valence-electron chi connectivity index (χ1n) is 8.09. The number of sulfonamides is 1. The Morgan fingerprint density at radius 3 is 2.65 bits per heavy atom. The van der Waals surface area contributed by atoms with Crippen LogP contribution in [0.1, 0.15) is 19.6 Å². The Kier molecular flexibility index (Phi) is 5.19. The Bertz CT molecular complexity index is 877. The Hall–Kier alpha value is -2.52. The zero-order chi connectivity index (χ0) is 18.7. The maximum absolute atomic E-state index is 12.7. The van der Waals surface area contributed by atoms with Gasteiger partial charge in [-0.3, -0.25) is 4.79 Å². The van der Waals surface area contributed by atoms with Crippen LogP contribution in [0.3, 0.4) is 0 Å². The Balaban J connectivity index is 1.72. The van der Waals surface area contributed by atoms with Gasteiger partial charge in [-0.2, -0.15) is 4.72 Å². The number of carbonyl (C=O) groups is 1. The lowest BCUT2D eigenvalue weighted by molar-refractivity contribution is -0.123. The van der Waals surface area contributed by atoms with Gasteiger partial charge in [0, 0.05) is 6.07 Å². The van der Waals surface area contributed by atoms with E-state index in [1.54, 1.807) is 26.0 Å². The van der Waals surface area contributed by atoms with Gasteiger partial charge in [-0.1, -0.05) is 13.8 Å². The van der Waals surface area contributed by atoms with E-state index < -0.39 is 22.0 Å². The van der Waals surface area contributed by atoms with Gasteiger partial charge in [-0.25, -0.2) is 8.42 Å².